The number of nitrogens with zero attached hydrogens (tertiary/aromatic N) is 2. The fraction of sp³-hybridized carbons (Fsp3) is 0.276. The van der Waals surface area contributed by atoms with Gasteiger partial charge in [0.1, 0.15) is 28.4 Å². The third-order valence-corrected chi connectivity index (χ3v) is 8.55. The molecule has 190 valence electrons. The molecule has 3 heterocycles. The molecule has 0 bridgehead atoms. The van der Waals surface area contributed by atoms with Crippen LogP contribution in [-0.4, -0.2) is 22.6 Å². The van der Waals surface area contributed by atoms with Crippen LogP contribution in [0.25, 0.3) is 5.00 Å². The number of aromatic nitrogens is 1. The highest BCUT2D eigenvalue weighted by Gasteiger charge is 2.36. The van der Waals surface area contributed by atoms with E-state index in [0.717, 1.165) is 47.2 Å². The average molecular weight is 520 g/mol. The predicted molar refractivity (Wildman–Crippen MR) is 139 cm³/mol. The maximum Gasteiger partial charge on any atom is 0.318 e. The number of urea groups is 1. The highest BCUT2D eigenvalue weighted by atomic mass is 32.1. The first-order chi connectivity index (χ1) is 18.0. The summed E-state index contributed by atoms with van der Waals surface area (Å²) >= 11 is 1.77. The molecule has 6 rings (SSSR count). The highest BCUT2D eigenvalue weighted by molar-refractivity contribution is 7.15. The molecule has 37 heavy (non-hydrogen) atoms. The van der Waals surface area contributed by atoms with E-state index in [2.05, 4.69) is 9.88 Å². The first-order valence-corrected chi connectivity index (χ1v) is 13.3. The zero-order valence-corrected chi connectivity index (χ0v) is 21.3. The first-order valence-electron chi connectivity index (χ1n) is 12.5. The molecular weight excluding hydrogens is 492 g/mol. The van der Waals surface area contributed by atoms with Gasteiger partial charge in [-0.05, 0) is 78.8 Å². The number of methoxy groups -OCH3 is 1. The third-order valence-electron chi connectivity index (χ3n) is 7.22. The van der Waals surface area contributed by atoms with E-state index in [1.807, 2.05) is 42.6 Å². The summed E-state index contributed by atoms with van der Waals surface area (Å²) in [7, 11) is 1.60. The fourth-order valence-corrected chi connectivity index (χ4v) is 6.94. The van der Waals surface area contributed by atoms with Crippen LogP contribution in [0.3, 0.4) is 0 Å². The number of halogens is 2. The van der Waals surface area contributed by atoms with Gasteiger partial charge in [0.15, 0.2) is 0 Å². The van der Waals surface area contributed by atoms with Gasteiger partial charge in [0.05, 0.1) is 19.3 Å². The lowest BCUT2D eigenvalue weighted by Crippen LogP contribution is -2.42. The summed E-state index contributed by atoms with van der Waals surface area (Å²) in [6.45, 7) is 0.655. The molecule has 0 saturated heterocycles. The Morgan fingerprint density at radius 1 is 1.05 bits per heavy atom. The van der Waals surface area contributed by atoms with Crippen LogP contribution in [0.15, 0.2) is 60.8 Å². The minimum absolute atomic E-state index is 0.297. The van der Waals surface area contributed by atoms with Gasteiger partial charge < -0.3 is 19.5 Å². The van der Waals surface area contributed by atoms with Crippen molar-refractivity contribution in [3.63, 3.8) is 0 Å². The van der Waals surface area contributed by atoms with Crippen molar-refractivity contribution < 1.29 is 18.3 Å². The predicted octanol–water partition coefficient (Wildman–Crippen LogP) is 6.52. The summed E-state index contributed by atoms with van der Waals surface area (Å²) in [5, 5.41) is 4.14. The standard InChI is InChI=1S/C29H27F2N3O2S/c1-36-22-7-4-6-18(12-22)16-32-29(35)34-17-24-23-8-2-3-10-26(23)37-28(24)33-11-5-9-25(33)27(34)19-13-20(30)15-21(31)14-19/h4-7,9,11-15,27H,2-3,8,10,16-17H2,1H3,(H,32,35)/t27-/m1/s1. The van der Waals surface area contributed by atoms with Crippen LogP contribution in [0.4, 0.5) is 13.6 Å². The smallest absolute Gasteiger partial charge is 0.318 e. The van der Waals surface area contributed by atoms with E-state index in [-0.39, 0.29) is 6.03 Å². The van der Waals surface area contributed by atoms with E-state index in [4.69, 9.17) is 4.74 Å². The van der Waals surface area contributed by atoms with Gasteiger partial charge in [0.2, 0.25) is 0 Å². The van der Waals surface area contributed by atoms with Gasteiger partial charge in [-0.3, -0.25) is 0 Å². The monoisotopic (exact) mass is 519 g/mol. The third kappa shape index (κ3) is 4.39. The molecule has 2 aromatic heterocycles. The number of rotatable bonds is 4. The number of carbonyl (C=O) groups is 1. The van der Waals surface area contributed by atoms with Crippen LogP contribution in [-0.2, 0) is 25.9 Å². The summed E-state index contributed by atoms with van der Waals surface area (Å²) < 4.78 is 36.2. The van der Waals surface area contributed by atoms with Crippen molar-refractivity contribution >= 4 is 17.4 Å². The topological polar surface area (TPSA) is 46.5 Å². The second-order valence-electron chi connectivity index (χ2n) is 9.54. The summed E-state index contributed by atoms with van der Waals surface area (Å²) in [6.07, 6.45) is 6.30. The van der Waals surface area contributed by atoms with E-state index in [1.54, 1.807) is 23.3 Å². The molecular formula is C29H27F2N3O2S. The molecule has 0 radical (unpaired) electrons. The zero-order valence-electron chi connectivity index (χ0n) is 20.5. The van der Waals surface area contributed by atoms with Crippen molar-refractivity contribution in [1.29, 1.82) is 0 Å². The zero-order chi connectivity index (χ0) is 25.5. The van der Waals surface area contributed by atoms with E-state index in [1.165, 1.54) is 29.0 Å². The van der Waals surface area contributed by atoms with Crippen molar-refractivity contribution in [2.75, 3.05) is 7.11 Å². The summed E-state index contributed by atoms with van der Waals surface area (Å²) in [5.74, 6) is -0.621. The molecule has 2 aromatic carbocycles. The second-order valence-corrected chi connectivity index (χ2v) is 10.6. The van der Waals surface area contributed by atoms with Crippen molar-refractivity contribution in [2.24, 2.45) is 0 Å². The lowest BCUT2D eigenvalue weighted by molar-refractivity contribution is 0.179. The molecule has 1 atom stereocenters. The number of thiophene rings is 1. The van der Waals surface area contributed by atoms with E-state index < -0.39 is 17.7 Å². The Morgan fingerprint density at radius 3 is 2.68 bits per heavy atom. The fourth-order valence-electron chi connectivity index (χ4n) is 5.53. The molecule has 1 aliphatic heterocycles. The SMILES string of the molecule is COc1cccc(CNC(=O)N2Cc3c(sc4c3CCCC4)-n3cccc3[C@H]2c2cc(F)cc(F)c2)c1. The van der Waals surface area contributed by atoms with Crippen molar-refractivity contribution in [3.8, 4) is 10.8 Å². The number of hydrogen-bond acceptors (Lipinski definition) is 3. The number of fused-ring (bicyclic) bond motifs is 5. The second kappa shape index (κ2) is 9.67. The Labute approximate surface area is 218 Å². The lowest BCUT2D eigenvalue weighted by Gasteiger charge is -2.31. The normalized spacial score (nSPS) is 16.4. The average Bonchev–Trinajstić information content (AvgIpc) is 3.48. The van der Waals surface area contributed by atoms with Crippen molar-refractivity contribution in [1.82, 2.24) is 14.8 Å². The van der Waals surface area contributed by atoms with Crippen LogP contribution >= 0.6 is 11.3 Å². The van der Waals surface area contributed by atoms with Crippen LogP contribution < -0.4 is 10.1 Å². The van der Waals surface area contributed by atoms with E-state index in [0.29, 0.717) is 24.4 Å². The maximum absolute atomic E-state index is 14.4. The Hall–Kier alpha value is -3.65. The van der Waals surface area contributed by atoms with Gasteiger partial charge in [0, 0.05) is 29.2 Å². The van der Waals surface area contributed by atoms with Gasteiger partial charge in [-0.15, -0.1) is 11.3 Å². The summed E-state index contributed by atoms with van der Waals surface area (Å²) in [6, 6.07) is 13.9. The van der Waals surface area contributed by atoms with Crippen molar-refractivity contribution in [2.45, 2.75) is 44.8 Å². The van der Waals surface area contributed by atoms with Crippen LogP contribution in [0, 0.1) is 11.6 Å². The van der Waals surface area contributed by atoms with Crippen LogP contribution in [0.5, 0.6) is 5.75 Å². The molecule has 0 saturated carbocycles. The number of nitrogens with one attached hydrogen (secondary N) is 1. The Morgan fingerprint density at radius 2 is 1.86 bits per heavy atom. The first kappa shape index (κ1) is 23.7. The molecule has 0 unspecified atom stereocenters. The molecule has 0 spiro atoms. The number of aryl methyl sites for hydroxylation is 1. The lowest BCUT2D eigenvalue weighted by atomic mass is 9.95. The van der Waals surface area contributed by atoms with Crippen LogP contribution in [0.2, 0.25) is 0 Å². The van der Waals surface area contributed by atoms with Gasteiger partial charge >= 0.3 is 6.03 Å². The number of benzene rings is 2. The molecule has 2 aliphatic rings. The number of ether oxygens (including phenoxy) is 1. The number of carbonyl (C=O) groups excluding carboxylic acids is 1. The van der Waals surface area contributed by atoms with E-state index in [9.17, 15) is 13.6 Å². The van der Waals surface area contributed by atoms with E-state index >= 15 is 0 Å². The Bertz CT molecular complexity index is 1460. The minimum Gasteiger partial charge on any atom is -0.497 e. The molecule has 4 aromatic rings. The molecule has 1 N–H and O–H groups in total. The number of amides is 2. The molecule has 8 heteroatoms. The number of hydrogen-bond donors (Lipinski definition) is 1. The molecule has 5 nitrogen and oxygen atoms in total. The molecule has 0 fully saturated rings. The molecule has 1 aliphatic carbocycles. The van der Waals surface area contributed by atoms with Gasteiger partial charge in [-0.1, -0.05) is 12.1 Å². The quantitative estimate of drug-likeness (QED) is 0.334. The summed E-state index contributed by atoms with van der Waals surface area (Å²) in [5.41, 5.74) is 4.56. The van der Waals surface area contributed by atoms with Gasteiger partial charge in [-0.25, -0.2) is 13.6 Å². The van der Waals surface area contributed by atoms with Gasteiger partial charge in [0.25, 0.3) is 0 Å². The largest absolute Gasteiger partial charge is 0.497 e. The highest BCUT2D eigenvalue weighted by Crippen LogP contribution is 2.44. The molecule has 2 amide bonds. The minimum atomic E-state index is -0.666. The van der Waals surface area contributed by atoms with Gasteiger partial charge in [-0.2, -0.15) is 0 Å². The van der Waals surface area contributed by atoms with Crippen molar-refractivity contribution in [3.05, 3.63) is 105 Å². The van der Waals surface area contributed by atoms with Crippen LogP contribution in [0.1, 0.15) is 51.7 Å². The Balaban J connectivity index is 1.43. The Kier molecular flexibility index (Phi) is 6.20. The summed E-state index contributed by atoms with van der Waals surface area (Å²) in [4.78, 5) is 16.9. The maximum atomic E-state index is 14.4.